The van der Waals surface area contributed by atoms with Gasteiger partial charge < -0.3 is 25.4 Å². The number of nitrogens with one attached hydrogen (secondary N) is 3. The van der Waals surface area contributed by atoms with Crippen molar-refractivity contribution in [1.29, 1.82) is 0 Å². The largest absolute Gasteiger partial charge is 0.467 e. The van der Waals surface area contributed by atoms with E-state index in [0.29, 0.717) is 12.8 Å². The van der Waals surface area contributed by atoms with Gasteiger partial charge in [0.1, 0.15) is 23.2 Å². The molecule has 3 N–H and O–H groups in total. The predicted octanol–water partition coefficient (Wildman–Crippen LogP) is 6.15. The molecule has 0 saturated heterocycles. The summed E-state index contributed by atoms with van der Waals surface area (Å²) in [5.41, 5.74) is 0.00206. The second kappa shape index (κ2) is 13.5. The fourth-order valence-corrected chi connectivity index (χ4v) is 7.04. The lowest BCUT2D eigenvalue weighted by Crippen LogP contribution is -2.72. The van der Waals surface area contributed by atoms with Crippen molar-refractivity contribution in [1.82, 2.24) is 16.0 Å². The monoisotopic (exact) mass is 653 g/mol. The van der Waals surface area contributed by atoms with Crippen molar-refractivity contribution >= 4 is 23.9 Å². The maximum atomic E-state index is 14.5. The molecule has 254 valence electrons. The Bertz CT molecular complexity index is 1630. The Labute approximate surface area is 283 Å². The number of esters is 1. The third-order valence-electron chi connectivity index (χ3n) is 10.5. The predicted molar refractivity (Wildman–Crippen MR) is 184 cm³/mol. The van der Waals surface area contributed by atoms with Crippen LogP contribution < -0.4 is 16.0 Å². The first-order valence-corrected chi connectivity index (χ1v) is 16.7. The topological polar surface area (TPSA) is 123 Å². The van der Waals surface area contributed by atoms with E-state index in [9.17, 15) is 19.2 Å². The molecule has 3 aromatic carbocycles. The number of carbonyl (C=O) groups is 4. The van der Waals surface area contributed by atoms with Gasteiger partial charge in [-0.05, 0) is 61.4 Å². The second-order valence-corrected chi connectivity index (χ2v) is 14.2. The van der Waals surface area contributed by atoms with Crippen LogP contribution in [0, 0.1) is 0 Å². The molecule has 0 aromatic heterocycles. The summed E-state index contributed by atoms with van der Waals surface area (Å²) in [5.74, 6) is -1.75. The van der Waals surface area contributed by atoms with Crippen molar-refractivity contribution in [3.8, 4) is 11.1 Å². The molecule has 3 aromatic rings. The Morgan fingerprint density at radius 2 is 1.27 bits per heavy atom. The number of carbonyl (C=O) groups excluding carboxylic acids is 4. The molecule has 0 spiro atoms. The summed E-state index contributed by atoms with van der Waals surface area (Å²) < 4.78 is 10.9. The van der Waals surface area contributed by atoms with Crippen LogP contribution in [0.5, 0.6) is 0 Å². The summed E-state index contributed by atoms with van der Waals surface area (Å²) in [5, 5.41) is 8.73. The normalized spacial score (nSPS) is 16.8. The van der Waals surface area contributed by atoms with Gasteiger partial charge in [-0.1, -0.05) is 112 Å². The minimum Gasteiger partial charge on any atom is -0.467 e. The van der Waals surface area contributed by atoms with E-state index < -0.39 is 45.9 Å². The quantitative estimate of drug-likeness (QED) is 0.226. The van der Waals surface area contributed by atoms with Crippen LogP contribution in [-0.4, -0.2) is 54.2 Å². The summed E-state index contributed by atoms with van der Waals surface area (Å²) in [6, 6.07) is 25.5. The number of hydrogen-bond donors (Lipinski definition) is 3. The molecule has 9 nitrogen and oxygen atoms in total. The third-order valence-corrected chi connectivity index (χ3v) is 10.5. The number of ether oxygens (including phenoxy) is 2. The van der Waals surface area contributed by atoms with Gasteiger partial charge in [-0.25, -0.2) is 9.59 Å². The summed E-state index contributed by atoms with van der Waals surface area (Å²) >= 11 is 0. The fraction of sp³-hybridized carbons (Fsp3) is 0.436. The number of amides is 3. The van der Waals surface area contributed by atoms with Gasteiger partial charge >= 0.3 is 12.1 Å². The van der Waals surface area contributed by atoms with Crippen molar-refractivity contribution in [2.45, 2.75) is 94.7 Å². The summed E-state index contributed by atoms with van der Waals surface area (Å²) in [4.78, 5) is 54.9. The van der Waals surface area contributed by atoms with E-state index in [4.69, 9.17) is 9.47 Å². The molecule has 3 amide bonds. The van der Waals surface area contributed by atoms with E-state index in [0.717, 1.165) is 47.1 Å². The van der Waals surface area contributed by atoms with Crippen LogP contribution in [0.2, 0.25) is 0 Å². The van der Waals surface area contributed by atoms with Gasteiger partial charge in [0.05, 0.1) is 7.11 Å². The van der Waals surface area contributed by atoms with Crippen LogP contribution >= 0.6 is 0 Å². The summed E-state index contributed by atoms with van der Waals surface area (Å²) in [6.45, 7) is 8.63. The first-order chi connectivity index (χ1) is 22.8. The van der Waals surface area contributed by atoms with Crippen molar-refractivity contribution in [3.05, 3.63) is 95.6 Å². The zero-order valence-corrected chi connectivity index (χ0v) is 28.8. The molecular formula is C39H47N3O6. The Morgan fingerprint density at radius 3 is 1.83 bits per heavy atom. The van der Waals surface area contributed by atoms with E-state index >= 15 is 0 Å². The zero-order chi connectivity index (χ0) is 34.7. The first kappa shape index (κ1) is 34.7. The van der Waals surface area contributed by atoms with E-state index in [1.54, 1.807) is 20.8 Å². The highest BCUT2D eigenvalue weighted by atomic mass is 16.5. The van der Waals surface area contributed by atoms with Gasteiger partial charge in [-0.3, -0.25) is 9.59 Å². The average molecular weight is 654 g/mol. The van der Waals surface area contributed by atoms with E-state index in [1.165, 1.54) is 7.11 Å². The standard InChI is InChI=1S/C39H47N3O6/c1-36(2,26-17-9-7-10-18-26)38(5,33(44)41-39(34(45)47-6)23-15-8-16-24-39)40-32(43)37(3,4)42-35(46)48-25-31-29-21-13-11-19-27(29)28-20-12-14-22-30(28)31/h7,9-14,17-22,31H,8,15-16,23-25H2,1-6H3,(H,40,43)(H,41,44)(H,42,46). The fourth-order valence-electron chi connectivity index (χ4n) is 7.04. The lowest BCUT2D eigenvalue weighted by Gasteiger charge is -2.47. The highest BCUT2D eigenvalue weighted by molar-refractivity contribution is 5.99. The smallest absolute Gasteiger partial charge is 0.408 e. The lowest BCUT2D eigenvalue weighted by molar-refractivity contribution is -0.154. The number of alkyl carbamates (subject to hydrolysis) is 1. The number of methoxy groups -OCH3 is 1. The molecule has 1 saturated carbocycles. The molecule has 2 aliphatic rings. The molecule has 1 fully saturated rings. The van der Waals surface area contributed by atoms with Crippen LogP contribution in [0.25, 0.3) is 11.1 Å². The summed E-state index contributed by atoms with van der Waals surface area (Å²) in [6.07, 6.45) is 2.60. The van der Waals surface area contributed by atoms with Gasteiger partial charge in [0, 0.05) is 11.3 Å². The molecule has 1 atom stereocenters. The first-order valence-electron chi connectivity index (χ1n) is 16.7. The zero-order valence-electron chi connectivity index (χ0n) is 28.8. The Morgan fingerprint density at radius 1 is 0.729 bits per heavy atom. The van der Waals surface area contributed by atoms with Gasteiger partial charge in [0.25, 0.3) is 0 Å². The molecule has 0 aliphatic heterocycles. The van der Waals surface area contributed by atoms with Gasteiger partial charge in [-0.2, -0.15) is 0 Å². The van der Waals surface area contributed by atoms with Crippen molar-refractivity contribution in [2.24, 2.45) is 0 Å². The molecule has 2 aliphatic carbocycles. The van der Waals surface area contributed by atoms with E-state index in [1.807, 2.05) is 80.6 Å². The van der Waals surface area contributed by atoms with Gasteiger partial charge in [0.15, 0.2) is 0 Å². The molecule has 1 unspecified atom stereocenters. The maximum Gasteiger partial charge on any atom is 0.408 e. The molecule has 0 heterocycles. The highest BCUT2D eigenvalue weighted by Crippen LogP contribution is 2.44. The molecule has 9 heteroatoms. The second-order valence-electron chi connectivity index (χ2n) is 14.2. The highest BCUT2D eigenvalue weighted by Gasteiger charge is 2.54. The molecule has 5 rings (SSSR count). The summed E-state index contributed by atoms with van der Waals surface area (Å²) in [7, 11) is 1.32. The van der Waals surface area contributed by atoms with Crippen molar-refractivity contribution in [2.75, 3.05) is 13.7 Å². The average Bonchev–Trinajstić information content (AvgIpc) is 3.40. The number of benzene rings is 3. The van der Waals surface area contributed by atoms with E-state index in [-0.39, 0.29) is 12.5 Å². The number of rotatable bonds is 10. The molecule has 0 radical (unpaired) electrons. The molecular weight excluding hydrogens is 606 g/mol. The SMILES string of the molecule is COC(=O)C1(NC(=O)C(C)(NC(=O)C(C)(C)NC(=O)OCC2c3ccccc3-c3ccccc32)C(C)(C)c2ccccc2)CCCCC1. The van der Waals surface area contributed by atoms with Crippen LogP contribution in [0.3, 0.4) is 0 Å². The third kappa shape index (κ3) is 6.42. The maximum absolute atomic E-state index is 14.5. The Balaban J connectivity index is 1.35. The lowest BCUT2D eigenvalue weighted by atomic mass is 9.67. The minimum absolute atomic E-state index is 0.0916. The van der Waals surface area contributed by atoms with Gasteiger partial charge in [0.2, 0.25) is 11.8 Å². The molecule has 0 bridgehead atoms. The number of fused-ring (bicyclic) bond motifs is 3. The van der Waals surface area contributed by atoms with Crippen LogP contribution in [-0.2, 0) is 29.3 Å². The Kier molecular flexibility index (Phi) is 9.72. The van der Waals surface area contributed by atoms with Crippen LogP contribution in [0.15, 0.2) is 78.9 Å². The number of hydrogen-bond acceptors (Lipinski definition) is 6. The Hall–Kier alpha value is -4.66. The van der Waals surface area contributed by atoms with Gasteiger partial charge in [-0.15, -0.1) is 0 Å². The van der Waals surface area contributed by atoms with Crippen molar-refractivity contribution < 1.29 is 28.7 Å². The van der Waals surface area contributed by atoms with E-state index in [2.05, 4.69) is 28.1 Å². The van der Waals surface area contributed by atoms with Crippen molar-refractivity contribution in [3.63, 3.8) is 0 Å². The van der Waals surface area contributed by atoms with Crippen LogP contribution in [0.4, 0.5) is 4.79 Å². The molecule has 48 heavy (non-hydrogen) atoms. The minimum atomic E-state index is -1.57. The van der Waals surface area contributed by atoms with Crippen LogP contribution in [0.1, 0.15) is 89.3 Å².